The molecule has 468 valence electrons. The number of unbranched alkanes of at least 4 members (excludes halogenated alkanes) is 39. The van der Waals surface area contributed by atoms with E-state index in [0.717, 1.165) is 103 Å². The fourth-order valence-electron chi connectivity index (χ4n) is 10.2. The maximum atomic E-state index is 12.9. The molecule has 0 rings (SSSR count). The van der Waals surface area contributed by atoms with Crippen LogP contribution in [0.2, 0.25) is 0 Å². The van der Waals surface area contributed by atoms with Crippen molar-refractivity contribution in [2.45, 2.75) is 361 Å². The highest BCUT2D eigenvalue weighted by atomic mass is 16.6. The van der Waals surface area contributed by atoms with Crippen molar-refractivity contribution in [1.82, 2.24) is 0 Å². The van der Waals surface area contributed by atoms with E-state index in [1.54, 1.807) is 0 Å². The summed E-state index contributed by atoms with van der Waals surface area (Å²) >= 11 is 0. The summed E-state index contributed by atoms with van der Waals surface area (Å²) in [5.74, 6) is -0.871. The van der Waals surface area contributed by atoms with Crippen LogP contribution in [-0.2, 0) is 28.6 Å². The molecule has 0 aromatic rings. The number of hydrogen-bond donors (Lipinski definition) is 0. The zero-order valence-electron chi connectivity index (χ0n) is 53.8. The first-order valence-electron chi connectivity index (χ1n) is 35.1. The van der Waals surface area contributed by atoms with E-state index in [-0.39, 0.29) is 31.1 Å². The van der Waals surface area contributed by atoms with Gasteiger partial charge >= 0.3 is 17.9 Å². The molecule has 1 unspecified atom stereocenters. The van der Waals surface area contributed by atoms with Crippen LogP contribution in [0.5, 0.6) is 0 Å². The van der Waals surface area contributed by atoms with E-state index in [4.69, 9.17) is 14.2 Å². The molecule has 0 aromatic heterocycles. The van der Waals surface area contributed by atoms with E-state index in [9.17, 15) is 14.4 Å². The third-order valence-electron chi connectivity index (χ3n) is 15.4. The third-order valence-corrected chi connectivity index (χ3v) is 15.4. The first-order valence-corrected chi connectivity index (χ1v) is 35.1. The molecule has 1 atom stereocenters. The molecule has 0 radical (unpaired) electrons. The highest BCUT2D eigenvalue weighted by Gasteiger charge is 2.19. The second kappa shape index (κ2) is 69.1. The monoisotopic (exact) mass is 1130 g/mol. The average molecular weight is 1130 g/mol. The van der Waals surface area contributed by atoms with Crippen LogP contribution < -0.4 is 0 Å². The molecule has 6 nitrogen and oxygen atoms in total. The van der Waals surface area contributed by atoms with E-state index in [1.807, 2.05) is 0 Å². The summed E-state index contributed by atoms with van der Waals surface area (Å²) in [5, 5.41) is 0. The summed E-state index contributed by atoms with van der Waals surface area (Å²) in [6, 6.07) is 0. The van der Waals surface area contributed by atoms with Gasteiger partial charge in [-0.1, -0.05) is 324 Å². The molecule has 0 aliphatic heterocycles. The molecule has 0 spiro atoms. The molecule has 0 aliphatic carbocycles. The maximum Gasteiger partial charge on any atom is 0.306 e. The first kappa shape index (κ1) is 77.6. The van der Waals surface area contributed by atoms with Gasteiger partial charge in [0.25, 0.3) is 0 Å². The molecule has 0 heterocycles. The van der Waals surface area contributed by atoms with E-state index in [1.165, 1.54) is 212 Å². The Morgan fingerprint density at radius 1 is 0.259 bits per heavy atom. The van der Waals surface area contributed by atoms with Crippen LogP contribution in [0.1, 0.15) is 355 Å². The zero-order valence-corrected chi connectivity index (χ0v) is 53.8. The van der Waals surface area contributed by atoms with Crippen LogP contribution in [0.3, 0.4) is 0 Å². The molecule has 0 N–H and O–H groups in total. The van der Waals surface area contributed by atoms with Gasteiger partial charge in [-0.3, -0.25) is 14.4 Å². The minimum Gasteiger partial charge on any atom is -0.462 e. The van der Waals surface area contributed by atoms with Gasteiger partial charge in [0.05, 0.1) is 0 Å². The second-order valence-electron chi connectivity index (χ2n) is 23.4. The molecular weight excluding hydrogens is 997 g/mol. The van der Waals surface area contributed by atoms with Crippen molar-refractivity contribution < 1.29 is 28.6 Å². The largest absolute Gasteiger partial charge is 0.462 e. The first-order chi connectivity index (χ1) is 40.0. The minimum absolute atomic E-state index is 0.0729. The van der Waals surface area contributed by atoms with Gasteiger partial charge in [-0.25, -0.2) is 0 Å². The van der Waals surface area contributed by atoms with Gasteiger partial charge in [0.1, 0.15) is 13.2 Å². The lowest BCUT2D eigenvalue weighted by Gasteiger charge is -2.18. The maximum absolute atomic E-state index is 12.9. The number of allylic oxidation sites excluding steroid dienone is 14. The van der Waals surface area contributed by atoms with Crippen molar-refractivity contribution in [2.75, 3.05) is 13.2 Å². The quantitative estimate of drug-likeness (QED) is 0.0261. The predicted molar refractivity (Wildman–Crippen MR) is 353 cm³/mol. The van der Waals surface area contributed by atoms with E-state index in [2.05, 4.69) is 106 Å². The number of ether oxygens (including phenoxy) is 3. The smallest absolute Gasteiger partial charge is 0.306 e. The summed E-state index contributed by atoms with van der Waals surface area (Å²) in [7, 11) is 0. The van der Waals surface area contributed by atoms with Crippen LogP contribution in [0.25, 0.3) is 0 Å². The molecule has 6 heteroatoms. The van der Waals surface area contributed by atoms with E-state index >= 15 is 0 Å². The topological polar surface area (TPSA) is 78.9 Å². The van der Waals surface area contributed by atoms with E-state index in [0.29, 0.717) is 19.3 Å². The molecule has 0 aromatic carbocycles. The molecular formula is C75H132O6. The number of hydrogen-bond acceptors (Lipinski definition) is 6. The Kier molecular flexibility index (Phi) is 66.2. The molecule has 81 heavy (non-hydrogen) atoms. The summed E-state index contributed by atoms with van der Waals surface area (Å²) < 4.78 is 16.8. The number of rotatable bonds is 64. The van der Waals surface area contributed by atoms with Gasteiger partial charge in [0.2, 0.25) is 0 Å². The van der Waals surface area contributed by atoms with Gasteiger partial charge in [0.15, 0.2) is 6.10 Å². The van der Waals surface area contributed by atoms with Crippen molar-refractivity contribution in [1.29, 1.82) is 0 Å². The Bertz CT molecular complexity index is 1530. The fraction of sp³-hybridized carbons (Fsp3) is 0.773. The SMILES string of the molecule is CC/C=C\C/C=C\C/C=C\C/C=C\CCCCCCCCCCCCCCCCCCC(=O)OCC(COC(=O)CCCCCCC)OC(=O)CCCCCCCCCCCCCCCC/C=C\C/C=C\C/C=C\CCCCCCC. The number of carbonyl (C=O) groups excluding carboxylic acids is 3. The van der Waals surface area contributed by atoms with Crippen LogP contribution >= 0.6 is 0 Å². The van der Waals surface area contributed by atoms with Crippen molar-refractivity contribution >= 4 is 17.9 Å². The molecule has 0 saturated carbocycles. The van der Waals surface area contributed by atoms with Crippen molar-refractivity contribution in [2.24, 2.45) is 0 Å². The van der Waals surface area contributed by atoms with Crippen molar-refractivity contribution in [3.05, 3.63) is 85.1 Å². The summed E-state index contributed by atoms with van der Waals surface area (Å²) in [6.45, 7) is 6.47. The summed E-state index contributed by atoms with van der Waals surface area (Å²) in [6.07, 6.45) is 92.4. The van der Waals surface area contributed by atoms with Crippen molar-refractivity contribution in [3.63, 3.8) is 0 Å². The summed E-state index contributed by atoms with van der Waals surface area (Å²) in [5.41, 5.74) is 0. The lowest BCUT2D eigenvalue weighted by atomic mass is 10.0. The minimum atomic E-state index is -0.772. The lowest BCUT2D eigenvalue weighted by molar-refractivity contribution is -0.167. The average Bonchev–Trinajstić information content (AvgIpc) is 3.47. The number of carbonyl (C=O) groups is 3. The predicted octanol–water partition coefficient (Wildman–Crippen LogP) is 24.2. The molecule has 0 aliphatic rings. The third kappa shape index (κ3) is 67.3. The fourth-order valence-corrected chi connectivity index (χ4v) is 10.2. The van der Waals surface area contributed by atoms with Gasteiger partial charge in [-0.15, -0.1) is 0 Å². The Balaban J connectivity index is 3.97. The highest BCUT2D eigenvalue weighted by molar-refractivity contribution is 5.71. The zero-order chi connectivity index (χ0) is 58.5. The van der Waals surface area contributed by atoms with Gasteiger partial charge < -0.3 is 14.2 Å². The Hall–Kier alpha value is -3.41. The Labute approximate surface area is 503 Å². The molecule has 0 saturated heterocycles. The van der Waals surface area contributed by atoms with Crippen LogP contribution in [-0.4, -0.2) is 37.2 Å². The highest BCUT2D eigenvalue weighted by Crippen LogP contribution is 2.18. The van der Waals surface area contributed by atoms with Gasteiger partial charge in [-0.2, -0.15) is 0 Å². The van der Waals surface area contributed by atoms with Crippen LogP contribution in [0.15, 0.2) is 85.1 Å². The molecule has 0 fully saturated rings. The second-order valence-corrected chi connectivity index (χ2v) is 23.4. The van der Waals surface area contributed by atoms with Crippen LogP contribution in [0, 0.1) is 0 Å². The van der Waals surface area contributed by atoms with Gasteiger partial charge in [0, 0.05) is 19.3 Å². The Morgan fingerprint density at radius 3 is 0.753 bits per heavy atom. The number of esters is 3. The normalized spacial score (nSPS) is 12.6. The molecule has 0 bridgehead atoms. The standard InChI is InChI=1S/C75H132O6/c1-4-7-10-13-15-17-19-21-23-25-27-29-31-33-35-37-39-41-43-45-47-49-51-53-55-57-59-62-65-68-74(77)80-71-72(70-79-73(76)67-64-61-12-9-6-3)81-75(78)69-66-63-60-58-56-54-52-50-48-46-44-42-40-38-36-34-32-30-28-26-24-22-20-18-16-14-11-8-5-2/h7,10,15,17,20-23,26-29,32,34,72H,4-6,8-9,11-14,16,18-19,24-25,30-31,33,35-71H2,1-3H3/b10-7-,17-15-,22-20-,23-21-,28-26-,29-27-,34-32-. The lowest BCUT2D eigenvalue weighted by Crippen LogP contribution is -2.30. The van der Waals surface area contributed by atoms with E-state index < -0.39 is 6.10 Å². The van der Waals surface area contributed by atoms with Crippen molar-refractivity contribution in [3.8, 4) is 0 Å². The molecule has 0 amide bonds. The Morgan fingerprint density at radius 2 is 0.481 bits per heavy atom. The van der Waals surface area contributed by atoms with Crippen LogP contribution in [0.4, 0.5) is 0 Å². The summed E-state index contributed by atoms with van der Waals surface area (Å²) in [4.78, 5) is 38.0. The van der Waals surface area contributed by atoms with Gasteiger partial charge in [-0.05, 0) is 96.3 Å².